The molecule has 3 rings (SSSR count). The predicted molar refractivity (Wildman–Crippen MR) is 72.4 cm³/mol. The van der Waals surface area contributed by atoms with Crippen LogP contribution in [0.2, 0.25) is 0 Å². The van der Waals surface area contributed by atoms with E-state index in [2.05, 4.69) is 13.0 Å². The fraction of sp³-hybridized carbons (Fsp3) is 0.154. The van der Waals surface area contributed by atoms with E-state index in [1.165, 1.54) is 0 Å². The lowest BCUT2D eigenvalue weighted by atomic mass is 10.2. The van der Waals surface area contributed by atoms with Crippen LogP contribution in [-0.4, -0.2) is 5.25 Å². The topological polar surface area (TPSA) is 17.1 Å². The lowest BCUT2D eigenvalue weighted by Crippen LogP contribution is -2.09. The highest BCUT2D eigenvalue weighted by atomic mass is 32.2. The molecule has 1 aromatic heterocycles. The molecule has 1 aliphatic rings. The van der Waals surface area contributed by atoms with E-state index in [9.17, 15) is 4.79 Å². The van der Waals surface area contributed by atoms with Crippen LogP contribution < -0.4 is 5.43 Å². The molecular formula is C13H10OS2. The van der Waals surface area contributed by atoms with Crippen molar-refractivity contribution in [1.82, 2.24) is 0 Å². The molecule has 2 aromatic rings. The van der Waals surface area contributed by atoms with Gasteiger partial charge in [0, 0.05) is 20.9 Å². The van der Waals surface area contributed by atoms with Gasteiger partial charge >= 0.3 is 0 Å². The third-order valence-electron chi connectivity index (χ3n) is 2.63. The minimum atomic E-state index is 0.167. The Labute approximate surface area is 102 Å². The summed E-state index contributed by atoms with van der Waals surface area (Å²) in [5, 5.41) is 1.30. The Kier molecular flexibility index (Phi) is 2.37. The van der Waals surface area contributed by atoms with Crippen LogP contribution >= 0.6 is 23.1 Å². The van der Waals surface area contributed by atoms with Crippen LogP contribution in [-0.2, 0) is 0 Å². The number of thioether (sulfide) groups is 1. The molecule has 2 heterocycles. The number of rotatable bonds is 0. The first kappa shape index (κ1) is 10.1. The molecule has 0 aliphatic carbocycles. The monoisotopic (exact) mass is 246 g/mol. The average molecular weight is 246 g/mol. The van der Waals surface area contributed by atoms with Crippen LogP contribution in [0.1, 0.15) is 12.5 Å². The van der Waals surface area contributed by atoms with Crippen LogP contribution in [0.3, 0.4) is 0 Å². The molecule has 0 N–H and O–H groups in total. The van der Waals surface area contributed by atoms with Crippen LogP contribution in [0.25, 0.3) is 16.2 Å². The zero-order chi connectivity index (χ0) is 11.1. The SMILES string of the molecule is CC1C=Cc2c(sc3ccccc3c2=O)S1. The van der Waals surface area contributed by atoms with Crippen molar-refractivity contribution in [3.8, 4) is 0 Å². The average Bonchev–Trinajstić information content (AvgIpc) is 2.29. The Hall–Kier alpha value is -1.06. The zero-order valence-corrected chi connectivity index (χ0v) is 10.4. The molecule has 1 unspecified atom stereocenters. The second-order valence-electron chi connectivity index (χ2n) is 3.81. The van der Waals surface area contributed by atoms with Gasteiger partial charge in [0.1, 0.15) is 0 Å². The Morgan fingerprint density at radius 1 is 1.25 bits per heavy atom. The van der Waals surface area contributed by atoms with E-state index in [1.54, 1.807) is 23.1 Å². The molecular weight excluding hydrogens is 236 g/mol. The van der Waals surface area contributed by atoms with Crippen molar-refractivity contribution >= 4 is 39.3 Å². The standard InChI is InChI=1S/C13H10OS2/c1-8-6-7-10-12(14)9-4-2-3-5-11(9)16-13(10)15-8/h2-8H,1H3. The summed E-state index contributed by atoms with van der Waals surface area (Å²) in [6, 6.07) is 7.83. The third kappa shape index (κ3) is 1.51. The van der Waals surface area contributed by atoms with Crippen molar-refractivity contribution in [2.24, 2.45) is 0 Å². The van der Waals surface area contributed by atoms with E-state index in [1.807, 2.05) is 30.3 Å². The lowest BCUT2D eigenvalue weighted by molar-refractivity contribution is 1.23. The Bertz CT molecular complexity index is 640. The first-order valence-electron chi connectivity index (χ1n) is 5.16. The summed E-state index contributed by atoms with van der Waals surface area (Å²) < 4.78 is 2.24. The van der Waals surface area contributed by atoms with E-state index >= 15 is 0 Å². The Morgan fingerprint density at radius 2 is 2.06 bits per heavy atom. The predicted octanol–water partition coefficient (Wildman–Crippen LogP) is 3.77. The molecule has 0 radical (unpaired) electrons. The zero-order valence-electron chi connectivity index (χ0n) is 8.77. The van der Waals surface area contributed by atoms with Crippen molar-refractivity contribution in [2.75, 3.05) is 0 Å². The molecule has 16 heavy (non-hydrogen) atoms. The number of hydrogen-bond donors (Lipinski definition) is 0. The second kappa shape index (κ2) is 3.75. The first-order valence-corrected chi connectivity index (χ1v) is 6.86. The van der Waals surface area contributed by atoms with E-state index in [4.69, 9.17) is 0 Å². The molecule has 0 saturated carbocycles. The molecule has 0 fully saturated rings. The normalized spacial score (nSPS) is 18.7. The first-order chi connectivity index (χ1) is 7.75. The molecule has 1 atom stereocenters. The largest absolute Gasteiger partial charge is 0.288 e. The van der Waals surface area contributed by atoms with Crippen LogP contribution in [0.5, 0.6) is 0 Å². The summed E-state index contributed by atoms with van der Waals surface area (Å²) in [6.07, 6.45) is 4.07. The molecule has 3 heteroatoms. The smallest absolute Gasteiger partial charge is 0.196 e. The Balaban J connectivity index is 2.40. The molecule has 1 aromatic carbocycles. The minimum absolute atomic E-state index is 0.167. The lowest BCUT2D eigenvalue weighted by Gasteiger charge is -2.14. The van der Waals surface area contributed by atoms with Gasteiger partial charge in [0.15, 0.2) is 5.43 Å². The van der Waals surface area contributed by atoms with Gasteiger partial charge in [-0.1, -0.05) is 24.3 Å². The highest BCUT2D eigenvalue weighted by Gasteiger charge is 2.16. The van der Waals surface area contributed by atoms with Crippen molar-refractivity contribution < 1.29 is 0 Å². The minimum Gasteiger partial charge on any atom is -0.288 e. The maximum Gasteiger partial charge on any atom is 0.196 e. The molecule has 1 aliphatic heterocycles. The summed E-state index contributed by atoms with van der Waals surface area (Å²) in [5.41, 5.74) is 1.03. The summed E-state index contributed by atoms with van der Waals surface area (Å²) in [6.45, 7) is 2.15. The van der Waals surface area contributed by atoms with Crippen LogP contribution in [0, 0.1) is 0 Å². The van der Waals surface area contributed by atoms with Crippen LogP contribution in [0.4, 0.5) is 0 Å². The summed E-state index contributed by atoms with van der Waals surface area (Å²) in [7, 11) is 0. The van der Waals surface area contributed by atoms with Crippen LogP contribution in [0.15, 0.2) is 39.3 Å². The number of fused-ring (bicyclic) bond motifs is 2. The van der Waals surface area contributed by atoms with Gasteiger partial charge in [-0.2, -0.15) is 0 Å². The highest BCUT2D eigenvalue weighted by molar-refractivity contribution is 8.02. The maximum atomic E-state index is 12.2. The van der Waals surface area contributed by atoms with E-state index in [0.717, 1.165) is 19.9 Å². The van der Waals surface area contributed by atoms with E-state index in [-0.39, 0.29) is 5.43 Å². The molecule has 1 nitrogen and oxygen atoms in total. The van der Waals surface area contributed by atoms with Gasteiger partial charge in [-0.25, -0.2) is 0 Å². The molecule has 80 valence electrons. The molecule has 0 spiro atoms. The van der Waals surface area contributed by atoms with Gasteiger partial charge in [-0.05, 0) is 19.1 Å². The molecule has 0 amide bonds. The van der Waals surface area contributed by atoms with Gasteiger partial charge < -0.3 is 0 Å². The van der Waals surface area contributed by atoms with Crippen molar-refractivity contribution in [2.45, 2.75) is 16.4 Å². The highest BCUT2D eigenvalue weighted by Crippen LogP contribution is 2.37. The van der Waals surface area contributed by atoms with E-state index in [0.29, 0.717) is 5.25 Å². The number of benzene rings is 1. The summed E-state index contributed by atoms with van der Waals surface area (Å²) in [4.78, 5) is 12.2. The van der Waals surface area contributed by atoms with Crippen molar-refractivity contribution in [3.63, 3.8) is 0 Å². The van der Waals surface area contributed by atoms with Crippen molar-refractivity contribution in [3.05, 3.63) is 46.1 Å². The fourth-order valence-corrected chi connectivity index (χ4v) is 4.39. The quantitative estimate of drug-likeness (QED) is 0.704. The van der Waals surface area contributed by atoms with Gasteiger partial charge in [0.2, 0.25) is 0 Å². The van der Waals surface area contributed by atoms with Gasteiger partial charge in [0.25, 0.3) is 0 Å². The van der Waals surface area contributed by atoms with E-state index < -0.39 is 0 Å². The Morgan fingerprint density at radius 3 is 2.94 bits per heavy atom. The molecule has 0 bridgehead atoms. The third-order valence-corrected chi connectivity index (χ3v) is 5.11. The summed E-state index contributed by atoms with van der Waals surface area (Å²) in [5.74, 6) is 0. The van der Waals surface area contributed by atoms with Gasteiger partial charge in [-0.15, -0.1) is 23.1 Å². The van der Waals surface area contributed by atoms with Crippen molar-refractivity contribution in [1.29, 1.82) is 0 Å². The van der Waals surface area contributed by atoms with Gasteiger partial charge in [-0.3, -0.25) is 4.79 Å². The fourth-order valence-electron chi connectivity index (χ4n) is 1.81. The molecule has 0 saturated heterocycles. The maximum absolute atomic E-state index is 12.2. The van der Waals surface area contributed by atoms with Gasteiger partial charge in [0.05, 0.1) is 4.21 Å². The second-order valence-corrected chi connectivity index (χ2v) is 6.51. The number of hydrogen-bond acceptors (Lipinski definition) is 3. The summed E-state index contributed by atoms with van der Waals surface area (Å²) >= 11 is 3.49.